The van der Waals surface area contributed by atoms with Crippen LogP contribution in [0.1, 0.15) is 21.4 Å². The molecule has 0 aliphatic heterocycles. The minimum absolute atomic E-state index is 0. The first-order valence-corrected chi connectivity index (χ1v) is 8.22. The van der Waals surface area contributed by atoms with Crippen LogP contribution >= 0.6 is 35.3 Å². The number of halogens is 2. The van der Waals surface area contributed by atoms with Gasteiger partial charge in [0.1, 0.15) is 5.82 Å². The third-order valence-corrected chi connectivity index (χ3v) is 4.43. The fourth-order valence-corrected chi connectivity index (χ4v) is 3.01. The van der Waals surface area contributed by atoms with Crippen molar-refractivity contribution < 1.29 is 9.13 Å². The second-order valence-corrected chi connectivity index (χ2v) is 6.47. The minimum atomic E-state index is -0.250. The number of benzene rings is 1. The van der Waals surface area contributed by atoms with E-state index in [0.717, 1.165) is 12.1 Å². The number of nitrogens with zero attached hydrogens (tertiary/aromatic N) is 1. The minimum Gasteiger partial charge on any atom is -0.375 e. The number of thiophene rings is 1. The van der Waals surface area contributed by atoms with E-state index in [-0.39, 0.29) is 35.9 Å². The molecule has 1 aromatic heterocycles. The Kier molecular flexibility index (Phi) is 9.24. The topological polar surface area (TPSA) is 45.7 Å². The van der Waals surface area contributed by atoms with E-state index >= 15 is 0 Å². The molecule has 1 heterocycles. The number of hydrogen-bond acceptors (Lipinski definition) is 3. The summed E-state index contributed by atoms with van der Waals surface area (Å²) in [6.07, 6.45) is -0.168. The highest BCUT2D eigenvalue weighted by molar-refractivity contribution is 14.0. The Morgan fingerprint density at radius 2 is 1.92 bits per heavy atom. The molecule has 0 aliphatic carbocycles. The van der Waals surface area contributed by atoms with E-state index in [1.807, 2.05) is 0 Å². The van der Waals surface area contributed by atoms with Crippen LogP contribution in [0, 0.1) is 12.7 Å². The van der Waals surface area contributed by atoms with Gasteiger partial charge in [0.15, 0.2) is 5.96 Å². The zero-order valence-corrected chi connectivity index (χ0v) is 17.2. The van der Waals surface area contributed by atoms with E-state index in [4.69, 9.17) is 4.74 Å². The van der Waals surface area contributed by atoms with Gasteiger partial charge in [0.05, 0.1) is 12.6 Å². The molecule has 1 unspecified atom stereocenters. The second-order valence-electron chi connectivity index (χ2n) is 5.09. The van der Waals surface area contributed by atoms with Gasteiger partial charge in [0.25, 0.3) is 0 Å². The number of nitrogens with one attached hydrogen (secondary N) is 2. The molecule has 1 atom stereocenters. The lowest BCUT2D eigenvalue weighted by Gasteiger charge is -2.18. The Balaban J connectivity index is 0.00000288. The largest absolute Gasteiger partial charge is 0.375 e. The van der Waals surface area contributed by atoms with Crippen molar-refractivity contribution in [3.63, 3.8) is 0 Å². The highest BCUT2D eigenvalue weighted by Crippen LogP contribution is 2.16. The average molecular weight is 463 g/mol. The van der Waals surface area contributed by atoms with Crippen molar-refractivity contribution in [1.29, 1.82) is 0 Å². The molecule has 0 saturated heterocycles. The summed E-state index contributed by atoms with van der Waals surface area (Å²) >= 11 is 1.76. The van der Waals surface area contributed by atoms with Gasteiger partial charge in [-0.05, 0) is 36.8 Å². The van der Waals surface area contributed by atoms with E-state index in [1.165, 1.54) is 21.9 Å². The van der Waals surface area contributed by atoms with Gasteiger partial charge in [-0.25, -0.2) is 4.39 Å². The van der Waals surface area contributed by atoms with Crippen molar-refractivity contribution in [2.45, 2.75) is 19.6 Å². The van der Waals surface area contributed by atoms with Crippen LogP contribution in [-0.4, -0.2) is 26.7 Å². The molecule has 24 heavy (non-hydrogen) atoms. The van der Waals surface area contributed by atoms with Gasteiger partial charge in [0, 0.05) is 30.5 Å². The predicted molar refractivity (Wildman–Crippen MR) is 109 cm³/mol. The van der Waals surface area contributed by atoms with Crippen LogP contribution in [-0.2, 0) is 11.3 Å². The van der Waals surface area contributed by atoms with Gasteiger partial charge in [-0.3, -0.25) is 4.99 Å². The van der Waals surface area contributed by atoms with Crippen LogP contribution in [0.15, 0.2) is 41.4 Å². The molecular weight excluding hydrogens is 440 g/mol. The monoisotopic (exact) mass is 463 g/mol. The molecule has 0 saturated carbocycles. The van der Waals surface area contributed by atoms with Crippen LogP contribution in [0.4, 0.5) is 4.39 Å². The highest BCUT2D eigenvalue weighted by Gasteiger charge is 2.11. The number of aryl methyl sites for hydroxylation is 1. The van der Waals surface area contributed by atoms with Gasteiger partial charge in [0.2, 0.25) is 0 Å². The fraction of sp³-hybridized carbons (Fsp3) is 0.353. The Bertz CT molecular complexity index is 646. The maximum Gasteiger partial charge on any atom is 0.191 e. The lowest BCUT2D eigenvalue weighted by molar-refractivity contribution is 0.106. The lowest BCUT2D eigenvalue weighted by atomic mass is 10.1. The van der Waals surface area contributed by atoms with Crippen molar-refractivity contribution in [3.05, 3.63) is 57.5 Å². The van der Waals surface area contributed by atoms with Crippen LogP contribution in [0.2, 0.25) is 0 Å². The van der Waals surface area contributed by atoms with Crippen molar-refractivity contribution in [2.75, 3.05) is 20.7 Å². The smallest absolute Gasteiger partial charge is 0.191 e. The molecule has 0 fully saturated rings. The number of aliphatic imine (C=N–C) groups is 1. The van der Waals surface area contributed by atoms with Crippen LogP contribution in [0.5, 0.6) is 0 Å². The van der Waals surface area contributed by atoms with Crippen molar-refractivity contribution in [1.82, 2.24) is 10.6 Å². The van der Waals surface area contributed by atoms with Gasteiger partial charge in [-0.15, -0.1) is 35.3 Å². The Hall–Kier alpha value is -1.19. The van der Waals surface area contributed by atoms with E-state index in [9.17, 15) is 4.39 Å². The summed E-state index contributed by atoms with van der Waals surface area (Å²) < 4.78 is 18.5. The van der Waals surface area contributed by atoms with Crippen LogP contribution in [0.25, 0.3) is 0 Å². The van der Waals surface area contributed by atoms with Gasteiger partial charge in [-0.1, -0.05) is 12.1 Å². The van der Waals surface area contributed by atoms with Crippen molar-refractivity contribution >= 4 is 41.3 Å². The molecule has 1 aromatic carbocycles. The van der Waals surface area contributed by atoms with E-state index < -0.39 is 0 Å². The maximum absolute atomic E-state index is 13.0. The number of rotatable bonds is 6. The molecule has 0 spiro atoms. The molecule has 0 radical (unpaired) electrons. The molecule has 4 nitrogen and oxygen atoms in total. The van der Waals surface area contributed by atoms with Crippen molar-refractivity contribution in [3.8, 4) is 0 Å². The molecular formula is C17H23FIN3OS. The molecule has 2 N–H and O–H groups in total. The standard InChI is InChI=1S/C17H22FN3OS.HI/c1-12-4-9-15(23-12)10-20-17(19-2)21-11-16(22-3)13-5-7-14(18)8-6-13;/h4-9,16H,10-11H2,1-3H3,(H2,19,20,21);1H. The van der Waals surface area contributed by atoms with Gasteiger partial charge >= 0.3 is 0 Å². The Labute approximate surface area is 163 Å². The first kappa shape index (κ1) is 20.9. The summed E-state index contributed by atoms with van der Waals surface area (Å²) in [4.78, 5) is 6.76. The van der Waals surface area contributed by atoms with E-state index in [0.29, 0.717) is 12.5 Å². The number of guanidine groups is 1. The van der Waals surface area contributed by atoms with Gasteiger partial charge < -0.3 is 15.4 Å². The predicted octanol–water partition coefficient (Wildman–Crippen LogP) is 3.87. The molecule has 0 bridgehead atoms. The second kappa shape index (κ2) is 10.6. The molecule has 0 amide bonds. The molecule has 2 rings (SSSR count). The molecule has 0 aliphatic rings. The average Bonchev–Trinajstić information content (AvgIpc) is 2.97. The highest BCUT2D eigenvalue weighted by atomic mass is 127. The summed E-state index contributed by atoms with van der Waals surface area (Å²) in [5.74, 6) is 0.459. The lowest BCUT2D eigenvalue weighted by Crippen LogP contribution is -2.39. The first-order chi connectivity index (χ1) is 11.1. The van der Waals surface area contributed by atoms with Crippen LogP contribution < -0.4 is 10.6 Å². The zero-order chi connectivity index (χ0) is 16.7. The number of methoxy groups -OCH3 is 1. The number of hydrogen-bond donors (Lipinski definition) is 2. The third-order valence-electron chi connectivity index (χ3n) is 3.43. The first-order valence-electron chi connectivity index (χ1n) is 7.40. The summed E-state index contributed by atoms with van der Waals surface area (Å²) in [6.45, 7) is 3.37. The fourth-order valence-electron chi connectivity index (χ4n) is 2.18. The summed E-state index contributed by atoms with van der Waals surface area (Å²) in [5, 5.41) is 6.51. The normalized spacial score (nSPS) is 12.4. The molecule has 2 aromatic rings. The SMILES string of the molecule is CN=C(NCc1ccc(C)s1)NCC(OC)c1ccc(F)cc1.I. The Morgan fingerprint density at radius 1 is 1.21 bits per heavy atom. The van der Waals surface area contributed by atoms with Gasteiger partial charge in [-0.2, -0.15) is 0 Å². The number of ether oxygens (including phenoxy) is 1. The van der Waals surface area contributed by atoms with E-state index in [1.54, 1.807) is 37.6 Å². The quantitative estimate of drug-likeness (QED) is 0.389. The Morgan fingerprint density at radius 3 is 2.46 bits per heavy atom. The van der Waals surface area contributed by atoms with E-state index in [2.05, 4.69) is 34.7 Å². The zero-order valence-electron chi connectivity index (χ0n) is 14.0. The molecule has 132 valence electrons. The third kappa shape index (κ3) is 6.37. The van der Waals surface area contributed by atoms with Crippen LogP contribution in [0.3, 0.4) is 0 Å². The maximum atomic E-state index is 13.0. The summed E-state index contributed by atoms with van der Waals surface area (Å²) in [6, 6.07) is 10.6. The summed E-state index contributed by atoms with van der Waals surface area (Å²) in [5.41, 5.74) is 0.922. The van der Waals surface area contributed by atoms with Crippen molar-refractivity contribution in [2.24, 2.45) is 4.99 Å². The molecule has 7 heteroatoms. The summed E-state index contributed by atoms with van der Waals surface area (Å²) in [7, 11) is 3.37.